The number of halogens is 2. The highest BCUT2D eigenvalue weighted by molar-refractivity contribution is 7.92. The molecule has 0 saturated heterocycles. The Labute approximate surface area is 212 Å². The third-order valence-corrected chi connectivity index (χ3v) is 7.48. The number of benzene rings is 2. The zero-order chi connectivity index (χ0) is 25.6. The molecule has 0 saturated carbocycles. The maximum atomic E-state index is 13.2. The molecule has 0 heterocycles. The van der Waals surface area contributed by atoms with Gasteiger partial charge in [-0.05, 0) is 56.5 Å². The highest BCUT2D eigenvalue weighted by Crippen LogP contribution is 2.28. The fourth-order valence-corrected chi connectivity index (χ4v) is 5.15. The van der Waals surface area contributed by atoms with Crippen LogP contribution in [0, 0.1) is 13.8 Å². The molecule has 0 aliphatic carbocycles. The predicted octanol–water partition coefficient (Wildman–Crippen LogP) is 4.32. The van der Waals surface area contributed by atoms with Gasteiger partial charge in [0.15, 0.2) is 0 Å². The Morgan fingerprint density at radius 2 is 1.71 bits per heavy atom. The van der Waals surface area contributed by atoms with Crippen LogP contribution in [0.5, 0.6) is 0 Å². The normalized spacial score (nSPS) is 12.2. The maximum absolute atomic E-state index is 13.2. The highest BCUT2D eigenvalue weighted by atomic mass is 35.5. The van der Waals surface area contributed by atoms with Crippen molar-refractivity contribution in [3.05, 3.63) is 63.1 Å². The summed E-state index contributed by atoms with van der Waals surface area (Å²) in [6, 6.07) is 9.88. The van der Waals surface area contributed by atoms with Crippen LogP contribution in [0.4, 0.5) is 5.69 Å². The van der Waals surface area contributed by atoms with Gasteiger partial charge in [0.25, 0.3) is 0 Å². The van der Waals surface area contributed by atoms with Gasteiger partial charge in [0.2, 0.25) is 21.8 Å². The Morgan fingerprint density at radius 1 is 1.09 bits per heavy atom. The highest BCUT2D eigenvalue weighted by Gasteiger charge is 2.27. The molecule has 1 N–H and O–H groups in total. The minimum Gasteiger partial charge on any atom is -0.357 e. The van der Waals surface area contributed by atoms with Crippen molar-refractivity contribution in [3.63, 3.8) is 0 Å². The number of amides is 2. The van der Waals surface area contributed by atoms with Crippen molar-refractivity contribution in [2.45, 2.75) is 46.2 Å². The Hall–Kier alpha value is -2.29. The minimum absolute atomic E-state index is 0.0420. The van der Waals surface area contributed by atoms with Crippen LogP contribution >= 0.6 is 23.2 Å². The summed E-state index contributed by atoms with van der Waals surface area (Å²) in [6.07, 6.45) is 1.46. The van der Waals surface area contributed by atoms with Crippen molar-refractivity contribution in [1.82, 2.24) is 10.2 Å². The Morgan fingerprint density at radius 3 is 2.26 bits per heavy atom. The average Bonchev–Trinajstić information content (AvgIpc) is 2.76. The molecule has 2 aromatic rings. The standard InChI is InChI=1S/C24H31Cl2N3O4S/c1-16-11-12-17(2)22(14-16)29(34(5,32)33)13-7-10-23(30)28(18(3)24(31)27-4)15-19-20(25)8-6-9-21(19)26/h6,8-9,11-12,14,18H,7,10,13,15H2,1-5H3,(H,27,31). The summed E-state index contributed by atoms with van der Waals surface area (Å²) in [5.74, 6) is -0.633. The van der Waals surface area contributed by atoms with E-state index in [1.165, 1.54) is 16.3 Å². The Bertz CT molecular complexity index is 1130. The predicted molar refractivity (Wildman–Crippen MR) is 138 cm³/mol. The molecule has 0 fully saturated rings. The van der Waals surface area contributed by atoms with E-state index in [0.717, 1.165) is 17.4 Å². The van der Waals surface area contributed by atoms with Crippen molar-refractivity contribution < 1.29 is 18.0 Å². The van der Waals surface area contributed by atoms with E-state index >= 15 is 0 Å². The number of nitrogens with one attached hydrogen (secondary N) is 1. The molecule has 0 aromatic heterocycles. The van der Waals surface area contributed by atoms with Gasteiger partial charge < -0.3 is 10.2 Å². The van der Waals surface area contributed by atoms with Crippen LogP contribution in [0.2, 0.25) is 10.0 Å². The second kappa shape index (κ2) is 11.9. The maximum Gasteiger partial charge on any atom is 0.242 e. The van der Waals surface area contributed by atoms with Crippen molar-refractivity contribution in [2.75, 3.05) is 24.2 Å². The molecule has 2 aromatic carbocycles. The van der Waals surface area contributed by atoms with Gasteiger partial charge in [-0.15, -0.1) is 0 Å². The van der Waals surface area contributed by atoms with Gasteiger partial charge in [-0.2, -0.15) is 0 Å². The van der Waals surface area contributed by atoms with Crippen LogP contribution in [-0.2, 0) is 26.2 Å². The molecule has 2 amide bonds. The van der Waals surface area contributed by atoms with E-state index in [4.69, 9.17) is 23.2 Å². The zero-order valence-electron chi connectivity index (χ0n) is 20.1. The Kier molecular flexibility index (Phi) is 9.79. The van der Waals surface area contributed by atoms with E-state index in [-0.39, 0.29) is 37.7 Å². The van der Waals surface area contributed by atoms with E-state index in [2.05, 4.69) is 5.32 Å². The summed E-state index contributed by atoms with van der Waals surface area (Å²) >= 11 is 12.6. The van der Waals surface area contributed by atoms with E-state index in [1.807, 2.05) is 32.0 Å². The van der Waals surface area contributed by atoms with Crippen molar-refractivity contribution in [1.29, 1.82) is 0 Å². The number of anilines is 1. The molecule has 0 radical (unpaired) electrons. The molecule has 0 aliphatic rings. The largest absolute Gasteiger partial charge is 0.357 e. The van der Waals surface area contributed by atoms with Gasteiger partial charge in [-0.25, -0.2) is 8.42 Å². The van der Waals surface area contributed by atoms with Crippen molar-refractivity contribution in [2.24, 2.45) is 0 Å². The molecule has 1 unspecified atom stereocenters. The molecule has 2 rings (SSSR count). The summed E-state index contributed by atoms with van der Waals surface area (Å²) in [6.45, 7) is 5.55. The summed E-state index contributed by atoms with van der Waals surface area (Å²) in [4.78, 5) is 27.0. The lowest BCUT2D eigenvalue weighted by Gasteiger charge is -2.30. The number of carbonyl (C=O) groups excluding carboxylic acids is 2. The molecular weight excluding hydrogens is 497 g/mol. The first-order chi connectivity index (χ1) is 15.9. The summed E-state index contributed by atoms with van der Waals surface area (Å²) in [5, 5.41) is 3.35. The van der Waals surface area contributed by atoms with Gasteiger partial charge in [0.1, 0.15) is 6.04 Å². The molecule has 34 heavy (non-hydrogen) atoms. The Balaban J connectivity index is 2.23. The van der Waals surface area contributed by atoms with Gasteiger partial charge in [-0.1, -0.05) is 41.4 Å². The third kappa shape index (κ3) is 7.10. The molecule has 10 heteroatoms. The number of aryl methyl sites for hydroxylation is 2. The van der Waals surface area contributed by atoms with Crippen LogP contribution in [0.1, 0.15) is 36.5 Å². The SMILES string of the molecule is CNC(=O)C(C)N(Cc1c(Cl)cccc1Cl)C(=O)CCCN(c1cc(C)ccc1C)S(C)(=O)=O. The van der Waals surface area contributed by atoms with Crippen LogP contribution in [0.15, 0.2) is 36.4 Å². The second-order valence-electron chi connectivity index (χ2n) is 8.24. The first-order valence-corrected chi connectivity index (χ1v) is 13.5. The average molecular weight is 529 g/mol. The fraction of sp³-hybridized carbons (Fsp3) is 0.417. The monoisotopic (exact) mass is 527 g/mol. The van der Waals surface area contributed by atoms with Gasteiger partial charge >= 0.3 is 0 Å². The molecule has 186 valence electrons. The number of hydrogen-bond acceptors (Lipinski definition) is 4. The first-order valence-electron chi connectivity index (χ1n) is 10.9. The van der Waals surface area contributed by atoms with Gasteiger partial charge in [0, 0.05) is 42.2 Å². The lowest BCUT2D eigenvalue weighted by atomic mass is 10.1. The summed E-state index contributed by atoms with van der Waals surface area (Å²) in [5.41, 5.74) is 2.90. The number of sulfonamides is 1. The van der Waals surface area contributed by atoms with Crippen LogP contribution < -0.4 is 9.62 Å². The van der Waals surface area contributed by atoms with E-state index in [9.17, 15) is 18.0 Å². The van der Waals surface area contributed by atoms with Crippen LogP contribution in [0.25, 0.3) is 0 Å². The van der Waals surface area contributed by atoms with Crippen molar-refractivity contribution in [3.8, 4) is 0 Å². The van der Waals surface area contributed by atoms with Crippen LogP contribution in [-0.4, -0.2) is 51.0 Å². The number of hydrogen-bond donors (Lipinski definition) is 1. The molecule has 7 nitrogen and oxygen atoms in total. The molecule has 0 bridgehead atoms. The lowest BCUT2D eigenvalue weighted by molar-refractivity contribution is -0.140. The quantitative estimate of drug-likeness (QED) is 0.498. The van der Waals surface area contributed by atoms with Gasteiger partial charge in [-0.3, -0.25) is 13.9 Å². The number of nitrogens with zero attached hydrogens (tertiary/aromatic N) is 2. The first kappa shape index (κ1) is 28.0. The fourth-order valence-electron chi connectivity index (χ4n) is 3.62. The van der Waals surface area contributed by atoms with E-state index in [1.54, 1.807) is 25.1 Å². The molecule has 0 aliphatic heterocycles. The molecular formula is C24H31Cl2N3O4S. The lowest BCUT2D eigenvalue weighted by Crippen LogP contribution is -2.47. The zero-order valence-corrected chi connectivity index (χ0v) is 22.4. The minimum atomic E-state index is -3.56. The number of likely N-dealkylation sites (N-methyl/N-ethyl adjacent to an activating group) is 1. The third-order valence-electron chi connectivity index (χ3n) is 5.59. The van der Waals surface area contributed by atoms with Crippen LogP contribution in [0.3, 0.4) is 0 Å². The smallest absolute Gasteiger partial charge is 0.242 e. The summed E-state index contributed by atoms with van der Waals surface area (Å²) < 4.78 is 26.3. The second-order valence-corrected chi connectivity index (χ2v) is 11.0. The van der Waals surface area contributed by atoms with Crippen molar-refractivity contribution >= 4 is 50.7 Å². The van der Waals surface area contributed by atoms with E-state index in [0.29, 0.717) is 21.3 Å². The number of rotatable bonds is 10. The van der Waals surface area contributed by atoms with Gasteiger partial charge in [0.05, 0.1) is 11.9 Å². The molecule has 1 atom stereocenters. The molecule has 0 spiro atoms. The number of carbonyl (C=O) groups is 2. The topological polar surface area (TPSA) is 86.8 Å². The van der Waals surface area contributed by atoms with E-state index < -0.39 is 16.1 Å². The summed E-state index contributed by atoms with van der Waals surface area (Å²) in [7, 11) is -2.06.